The second-order valence-corrected chi connectivity index (χ2v) is 3.84. The van der Waals surface area contributed by atoms with Gasteiger partial charge in [-0.2, -0.15) is 0 Å². The van der Waals surface area contributed by atoms with Crippen LogP contribution in [0.5, 0.6) is 5.88 Å². The number of rotatable bonds is 2. The standard InChI is InChI=1S/C9H10BrNO/c1-12-9-8(6-2-3-6)7(10)4-5-11-9/h4-6H,2-3H2,1H3. The van der Waals surface area contributed by atoms with E-state index in [4.69, 9.17) is 4.74 Å². The lowest BCUT2D eigenvalue weighted by Gasteiger charge is -2.06. The van der Waals surface area contributed by atoms with E-state index >= 15 is 0 Å². The van der Waals surface area contributed by atoms with E-state index in [-0.39, 0.29) is 0 Å². The van der Waals surface area contributed by atoms with Crippen LogP contribution in [0.1, 0.15) is 24.3 Å². The molecule has 1 heterocycles. The Morgan fingerprint density at radius 2 is 2.33 bits per heavy atom. The van der Waals surface area contributed by atoms with Crippen molar-refractivity contribution in [2.24, 2.45) is 0 Å². The number of methoxy groups -OCH3 is 1. The molecule has 0 aliphatic heterocycles. The van der Waals surface area contributed by atoms with E-state index in [9.17, 15) is 0 Å². The first-order valence-electron chi connectivity index (χ1n) is 4.01. The predicted molar refractivity (Wildman–Crippen MR) is 50.5 cm³/mol. The molecular weight excluding hydrogens is 218 g/mol. The molecule has 0 unspecified atom stereocenters. The highest BCUT2D eigenvalue weighted by molar-refractivity contribution is 9.10. The monoisotopic (exact) mass is 227 g/mol. The summed E-state index contributed by atoms with van der Waals surface area (Å²) < 4.78 is 6.31. The third-order valence-corrected chi connectivity index (χ3v) is 2.77. The average molecular weight is 228 g/mol. The van der Waals surface area contributed by atoms with E-state index in [2.05, 4.69) is 20.9 Å². The first kappa shape index (κ1) is 8.05. The molecule has 0 spiro atoms. The molecule has 1 aliphatic carbocycles. The largest absolute Gasteiger partial charge is 0.481 e. The minimum Gasteiger partial charge on any atom is -0.481 e. The van der Waals surface area contributed by atoms with Crippen LogP contribution in [0.3, 0.4) is 0 Å². The second kappa shape index (κ2) is 3.05. The van der Waals surface area contributed by atoms with Crippen molar-refractivity contribution in [3.8, 4) is 5.88 Å². The minimum atomic E-state index is 0.669. The highest BCUT2D eigenvalue weighted by atomic mass is 79.9. The van der Waals surface area contributed by atoms with Crippen molar-refractivity contribution in [1.82, 2.24) is 4.98 Å². The molecule has 0 bridgehead atoms. The normalized spacial score (nSPS) is 16.2. The fourth-order valence-electron chi connectivity index (χ4n) is 1.34. The van der Waals surface area contributed by atoms with Crippen molar-refractivity contribution in [1.29, 1.82) is 0 Å². The van der Waals surface area contributed by atoms with Crippen molar-refractivity contribution < 1.29 is 4.74 Å². The van der Waals surface area contributed by atoms with Crippen molar-refractivity contribution in [3.05, 3.63) is 22.3 Å². The van der Waals surface area contributed by atoms with Crippen LogP contribution in [0.4, 0.5) is 0 Å². The number of nitrogens with zero attached hydrogens (tertiary/aromatic N) is 1. The Kier molecular flexibility index (Phi) is 2.05. The summed E-state index contributed by atoms with van der Waals surface area (Å²) in [4.78, 5) is 4.17. The molecule has 12 heavy (non-hydrogen) atoms. The van der Waals surface area contributed by atoms with E-state index in [1.165, 1.54) is 18.4 Å². The third-order valence-electron chi connectivity index (χ3n) is 2.08. The third kappa shape index (κ3) is 1.33. The summed E-state index contributed by atoms with van der Waals surface area (Å²) in [7, 11) is 1.67. The topological polar surface area (TPSA) is 22.1 Å². The van der Waals surface area contributed by atoms with Crippen molar-refractivity contribution in [3.63, 3.8) is 0 Å². The van der Waals surface area contributed by atoms with Crippen LogP contribution in [-0.2, 0) is 0 Å². The molecule has 0 aromatic carbocycles. The molecule has 0 atom stereocenters. The summed E-state index contributed by atoms with van der Waals surface area (Å²) in [5, 5.41) is 0. The van der Waals surface area contributed by atoms with Gasteiger partial charge in [0.1, 0.15) is 0 Å². The number of ether oxygens (including phenoxy) is 1. The van der Waals surface area contributed by atoms with Gasteiger partial charge in [0.05, 0.1) is 7.11 Å². The fraction of sp³-hybridized carbons (Fsp3) is 0.444. The average Bonchev–Trinajstić information content (AvgIpc) is 2.87. The summed E-state index contributed by atoms with van der Waals surface area (Å²) in [6.07, 6.45) is 4.29. The second-order valence-electron chi connectivity index (χ2n) is 2.99. The van der Waals surface area contributed by atoms with Crippen LogP contribution >= 0.6 is 15.9 Å². The Hall–Kier alpha value is -0.570. The lowest BCUT2D eigenvalue weighted by atomic mass is 10.2. The summed E-state index contributed by atoms with van der Waals surface area (Å²) >= 11 is 3.51. The first-order chi connectivity index (χ1) is 5.83. The van der Waals surface area contributed by atoms with Gasteiger partial charge in [-0.1, -0.05) is 15.9 Å². The Labute approximate surface area is 80.1 Å². The molecule has 0 N–H and O–H groups in total. The van der Waals surface area contributed by atoms with Gasteiger partial charge in [-0.3, -0.25) is 0 Å². The number of hydrogen-bond donors (Lipinski definition) is 0. The highest BCUT2D eigenvalue weighted by Gasteiger charge is 2.29. The molecule has 2 nitrogen and oxygen atoms in total. The molecule has 1 saturated carbocycles. The molecule has 3 heteroatoms. The van der Waals surface area contributed by atoms with Crippen LogP contribution in [-0.4, -0.2) is 12.1 Å². The summed E-state index contributed by atoms with van der Waals surface area (Å²) in [6, 6.07) is 1.97. The molecule has 1 fully saturated rings. The Morgan fingerprint density at radius 1 is 1.58 bits per heavy atom. The van der Waals surface area contributed by atoms with Gasteiger partial charge in [-0.25, -0.2) is 4.98 Å². The Balaban J connectivity index is 2.45. The fourth-order valence-corrected chi connectivity index (χ4v) is 1.95. The SMILES string of the molecule is COc1nccc(Br)c1C1CC1. The molecule has 1 aromatic rings. The maximum Gasteiger partial charge on any atom is 0.217 e. The maximum absolute atomic E-state index is 5.19. The molecule has 0 amide bonds. The van der Waals surface area contributed by atoms with E-state index in [1.54, 1.807) is 13.3 Å². The summed E-state index contributed by atoms with van der Waals surface area (Å²) in [5.41, 5.74) is 1.24. The van der Waals surface area contributed by atoms with Gasteiger partial charge in [0, 0.05) is 16.2 Å². The van der Waals surface area contributed by atoms with Gasteiger partial charge >= 0.3 is 0 Å². The van der Waals surface area contributed by atoms with Crippen molar-refractivity contribution in [2.45, 2.75) is 18.8 Å². The van der Waals surface area contributed by atoms with Crippen LogP contribution in [0.2, 0.25) is 0 Å². The zero-order valence-corrected chi connectivity index (χ0v) is 8.47. The van der Waals surface area contributed by atoms with Crippen LogP contribution in [0, 0.1) is 0 Å². The number of hydrogen-bond acceptors (Lipinski definition) is 2. The first-order valence-corrected chi connectivity index (χ1v) is 4.80. The van der Waals surface area contributed by atoms with E-state index in [1.807, 2.05) is 6.07 Å². The molecule has 64 valence electrons. The maximum atomic E-state index is 5.19. The molecule has 0 radical (unpaired) electrons. The predicted octanol–water partition coefficient (Wildman–Crippen LogP) is 2.73. The lowest BCUT2D eigenvalue weighted by Crippen LogP contribution is -1.93. The quantitative estimate of drug-likeness (QED) is 0.776. The van der Waals surface area contributed by atoms with Crippen LogP contribution in [0.25, 0.3) is 0 Å². The van der Waals surface area contributed by atoms with Crippen LogP contribution < -0.4 is 4.74 Å². The Bertz CT molecular complexity index is 297. The number of halogens is 1. The van der Waals surface area contributed by atoms with Gasteiger partial charge in [0.15, 0.2) is 0 Å². The highest BCUT2D eigenvalue weighted by Crippen LogP contribution is 2.46. The zero-order chi connectivity index (χ0) is 8.55. The molecule has 0 saturated heterocycles. The van der Waals surface area contributed by atoms with Crippen molar-refractivity contribution in [2.75, 3.05) is 7.11 Å². The lowest BCUT2D eigenvalue weighted by molar-refractivity contribution is 0.392. The summed E-state index contributed by atoms with van der Waals surface area (Å²) in [6.45, 7) is 0. The van der Waals surface area contributed by atoms with Crippen LogP contribution in [0.15, 0.2) is 16.7 Å². The Morgan fingerprint density at radius 3 is 2.92 bits per heavy atom. The number of aromatic nitrogens is 1. The van der Waals surface area contributed by atoms with Crippen molar-refractivity contribution >= 4 is 15.9 Å². The van der Waals surface area contributed by atoms with Gasteiger partial charge in [-0.15, -0.1) is 0 Å². The summed E-state index contributed by atoms with van der Waals surface area (Å²) in [5.74, 6) is 1.44. The molecular formula is C9H10BrNO. The molecule has 1 aromatic heterocycles. The molecule has 1 aliphatic rings. The minimum absolute atomic E-state index is 0.669. The number of pyridine rings is 1. The molecule has 2 rings (SSSR count). The smallest absolute Gasteiger partial charge is 0.217 e. The zero-order valence-electron chi connectivity index (χ0n) is 6.88. The van der Waals surface area contributed by atoms with Gasteiger partial charge in [0.2, 0.25) is 5.88 Å². The van der Waals surface area contributed by atoms with E-state index in [0.717, 1.165) is 10.4 Å². The van der Waals surface area contributed by atoms with Gasteiger partial charge < -0.3 is 4.74 Å². The van der Waals surface area contributed by atoms with Gasteiger partial charge in [0.25, 0.3) is 0 Å². The van der Waals surface area contributed by atoms with E-state index < -0.39 is 0 Å². The van der Waals surface area contributed by atoms with Gasteiger partial charge in [-0.05, 0) is 24.8 Å². The van der Waals surface area contributed by atoms with E-state index in [0.29, 0.717) is 5.92 Å².